The number of ether oxygens (including phenoxy) is 2. The maximum absolute atomic E-state index is 13.3. The quantitative estimate of drug-likeness (QED) is 0.312. The molecule has 0 aliphatic heterocycles. The van der Waals surface area contributed by atoms with Gasteiger partial charge in [0.25, 0.3) is 0 Å². The predicted octanol–water partition coefficient (Wildman–Crippen LogP) is 3.61. The second-order valence-corrected chi connectivity index (χ2v) is 6.60. The number of esters is 1. The molecule has 0 aliphatic carbocycles. The number of anilines is 1. The van der Waals surface area contributed by atoms with Crippen LogP contribution in [0.5, 0.6) is 5.75 Å². The average molecular weight is 401 g/mol. The second-order valence-electron chi connectivity index (χ2n) is 6.60. The highest BCUT2D eigenvalue weighted by molar-refractivity contribution is 6.08. The van der Waals surface area contributed by atoms with Gasteiger partial charge in [0.2, 0.25) is 5.78 Å². The van der Waals surface area contributed by atoms with Gasteiger partial charge >= 0.3 is 5.97 Å². The fraction of sp³-hybridized carbons (Fsp3) is 0.0870. The Bertz CT molecular complexity index is 1280. The van der Waals surface area contributed by atoms with Gasteiger partial charge in [-0.1, -0.05) is 18.2 Å². The van der Waals surface area contributed by atoms with Crippen LogP contribution in [0.3, 0.4) is 0 Å². The van der Waals surface area contributed by atoms with E-state index in [-0.39, 0.29) is 11.6 Å². The Morgan fingerprint density at radius 2 is 1.80 bits per heavy atom. The number of fused-ring (bicyclic) bond motifs is 1. The summed E-state index contributed by atoms with van der Waals surface area (Å²) in [5.74, 6) is -0.0425. The molecular formula is C23H19N3O4. The Balaban J connectivity index is 1.86. The van der Waals surface area contributed by atoms with Crippen LogP contribution >= 0.6 is 0 Å². The van der Waals surface area contributed by atoms with Crippen molar-refractivity contribution in [1.29, 1.82) is 0 Å². The monoisotopic (exact) mass is 401 g/mol. The van der Waals surface area contributed by atoms with Gasteiger partial charge in [0, 0.05) is 17.3 Å². The number of nitrogens with two attached hydrogens (primary N) is 1. The molecule has 0 amide bonds. The van der Waals surface area contributed by atoms with Crippen LogP contribution in [0, 0.1) is 0 Å². The van der Waals surface area contributed by atoms with Crippen molar-refractivity contribution in [3.63, 3.8) is 0 Å². The molecule has 2 aromatic carbocycles. The van der Waals surface area contributed by atoms with Crippen LogP contribution in [0.25, 0.3) is 16.8 Å². The molecule has 2 heterocycles. The maximum atomic E-state index is 13.3. The largest absolute Gasteiger partial charge is 0.495 e. The number of hydrogen-bond donors (Lipinski definition) is 1. The molecule has 4 aromatic rings. The summed E-state index contributed by atoms with van der Waals surface area (Å²) in [5, 5.41) is 0. The van der Waals surface area contributed by atoms with Gasteiger partial charge in [-0.15, -0.1) is 0 Å². The third-order valence-corrected chi connectivity index (χ3v) is 4.80. The van der Waals surface area contributed by atoms with Crippen LogP contribution in [0.4, 0.5) is 5.69 Å². The lowest BCUT2D eigenvalue weighted by Crippen LogP contribution is -2.07. The van der Waals surface area contributed by atoms with Crippen LogP contribution in [-0.4, -0.2) is 35.4 Å². The van der Waals surface area contributed by atoms with E-state index in [2.05, 4.69) is 4.98 Å². The van der Waals surface area contributed by atoms with Gasteiger partial charge in [0.15, 0.2) is 5.82 Å². The van der Waals surface area contributed by atoms with E-state index in [0.29, 0.717) is 33.8 Å². The van der Waals surface area contributed by atoms with Gasteiger partial charge in [-0.25, -0.2) is 9.78 Å². The first kappa shape index (κ1) is 19.2. The predicted molar refractivity (Wildman–Crippen MR) is 113 cm³/mol. The number of carbonyl (C=O) groups excluding carboxylic acids is 2. The van der Waals surface area contributed by atoms with E-state index in [4.69, 9.17) is 15.2 Å². The van der Waals surface area contributed by atoms with Crippen molar-refractivity contribution in [2.75, 3.05) is 20.0 Å². The van der Waals surface area contributed by atoms with Crippen molar-refractivity contribution in [3.05, 3.63) is 83.8 Å². The number of nitrogen functional groups attached to an aromatic ring is 1. The van der Waals surface area contributed by atoms with Gasteiger partial charge in [-0.3, -0.25) is 9.20 Å². The summed E-state index contributed by atoms with van der Waals surface area (Å²) in [4.78, 5) is 29.8. The summed E-state index contributed by atoms with van der Waals surface area (Å²) in [6.07, 6.45) is 1.78. The molecule has 0 saturated carbocycles. The normalized spacial score (nSPS) is 10.7. The van der Waals surface area contributed by atoms with Crippen molar-refractivity contribution < 1.29 is 19.1 Å². The zero-order valence-electron chi connectivity index (χ0n) is 16.5. The number of rotatable bonds is 5. The minimum atomic E-state index is -0.439. The Morgan fingerprint density at radius 1 is 0.967 bits per heavy atom. The standard InChI is InChI=1S/C23H19N3O4/c1-29-19-13-15(9-10-17(19)24)21(27)22-25-20(18-8-3-4-11-26(18)22)14-6-5-7-16(12-14)23(28)30-2/h3-13H,24H2,1-2H3. The van der Waals surface area contributed by atoms with Crippen LogP contribution < -0.4 is 10.5 Å². The molecule has 0 bridgehead atoms. The molecule has 0 fully saturated rings. The SMILES string of the molecule is COC(=O)c1cccc(-c2nc(C(=O)c3ccc(N)c(OC)c3)n3ccccc23)c1. The Hall–Kier alpha value is -4.13. The third kappa shape index (κ3) is 3.26. The summed E-state index contributed by atoms with van der Waals surface area (Å²) in [7, 11) is 2.83. The van der Waals surface area contributed by atoms with E-state index in [1.165, 1.54) is 14.2 Å². The highest BCUT2D eigenvalue weighted by Crippen LogP contribution is 2.28. The fourth-order valence-electron chi connectivity index (χ4n) is 3.30. The Morgan fingerprint density at radius 3 is 2.57 bits per heavy atom. The second kappa shape index (κ2) is 7.71. The van der Waals surface area contributed by atoms with E-state index in [0.717, 1.165) is 5.52 Å². The van der Waals surface area contributed by atoms with Crippen molar-refractivity contribution in [2.24, 2.45) is 0 Å². The first-order valence-electron chi connectivity index (χ1n) is 9.17. The van der Waals surface area contributed by atoms with E-state index >= 15 is 0 Å². The van der Waals surface area contributed by atoms with Crippen LogP contribution in [-0.2, 0) is 4.74 Å². The number of imidazole rings is 1. The van der Waals surface area contributed by atoms with Crippen molar-refractivity contribution in [2.45, 2.75) is 0 Å². The number of benzene rings is 2. The molecule has 150 valence electrons. The first-order chi connectivity index (χ1) is 14.5. The maximum Gasteiger partial charge on any atom is 0.337 e. The lowest BCUT2D eigenvalue weighted by Gasteiger charge is -2.06. The van der Waals surface area contributed by atoms with E-state index < -0.39 is 5.97 Å². The molecule has 2 N–H and O–H groups in total. The lowest BCUT2D eigenvalue weighted by atomic mass is 10.1. The molecule has 0 radical (unpaired) electrons. The summed E-state index contributed by atoms with van der Waals surface area (Å²) in [5.41, 5.74) is 9.16. The van der Waals surface area contributed by atoms with Gasteiger partial charge < -0.3 is 15.2 Å². The van der Waals surface area contributed by atoms with Crippen molar-refractivity contribution in [3.8, 4) is 17.0 Å². The minimum absolute atomic E-state index is 0.246. The molecule has 7 heteroatoms. The number of pyridine rings is 1. The molecule has 0 atom stereocenters. The summed E-state index contributed by atoms with van der Waals surface area (Å²) in [6.45, 7) is 0. The minimum Gasteiger partial charge on any atom is -0.495 e. The highest BCUT2D eigenvalue weighted by atomic mass is 16.5. The summed E-state index contributed by atoms with van der Waals surface area (Å²) >= 11 is 0. The summed E-state index contributed by atoms with van der Waals surface area (Å²) < 4.78 is 11.8. The first-order valence-corrected chi connectivity index (χ1v) is 9.17. The number of nitrogens with zero attached hydrogens (tertiary/aromatic N) is 2. The van der Waals surface area contributed by atoms with Crippen LogP contribution in [0.15, 0.2) is 66.9 Å². The van der Waals surface area contributed by atoms with E-state index in [9.17, 15) is 9.59 Å². The average Bonchev–Trinajstić information content (AvgIpc) is 3.18. The zero-order chi connectivity index (χ0) is 21.3. The highest BCUT2D eigenvalue weighted by Gasteiger charge is 2.21. The molecule has 0 unspecified atom stereocenters. The third-order valence-electron chi connectivity index (χ3n) is 4.80. The molecule has 4 rings (SSSR count). The molecule has 0 aliphatic rings. The van der Waals surface area contributed by atoms with Gasteiger partial charge in [0.05, 0.1) is 36.7 Å². The summed E-state index contributed by atoms with van der Waals surface area (Å²) in [6, 6.07) is 17.4. The molecule has 30 heavy (non-hydrogen) atoms. The van der Waals surface area contributed by atoms with Gasteiger partial charge in [0.1, 0.15) is 5.75 Å². The van der Waals surface area contributed by atoms with Crippen LogP contribution in [0.1, 0.15) is 26.5 Å². The van der Waals surface area contributed by atoms with Gasteiger partial charge in [-0.05, 0) is 42.5 Å². The number of ketones is 1. The Kier molecular flexibility index (Phi) is 4.93. The van der Waals surface area contributed by atoms with E-state index in [1.807, 2.05) is 24.3 Å². The fourth-order valence-corrected chi connectivity index (χ4v) is 3.30. The zero-order valence-corrected chi connectivity index (χ0v) is 16.5. The van der Waals surface area contributed by atoms with Crippen molar-refractivity contribution in [1.82, 2.24) is 9.38 Å². The molecule has 7 nitrogen and oxygen atoms in total. The molecule has 0 saturated heterocycles. The molecule has 2 aromatic heterocycles. The van der Waals surface area contributed by atoms with Crippen LogP contribution in [0.2, 0.25) is 0 Å². The molecular weight excluding hydrogens is 382 g/mol. The molecule has 0 spiro atoms. The van der Waals surface area contributed by atoms with Gasteiger partial charge in [-0.2, -0.15) is 0 Å². The lowest BCUT2D eigenvalue weighted by molar-refractivity contribution is 0.0600. The smallest absolute Gasteiger partial charge is 0.337 e. The number of carbonyl (C=O) groups is 2. The Labute approximate surface area is 172 Å². The van der Waals surface area contributed by atoms with E-state index in [1.54, 1.807) is 47.0 Å². The topological polar surface area (TPSA) is 95.9 Å². The number of hydrogen-bond acceptors (Lipinski definition) is 6. The number of aromatic nitrogens is 2. The number of methoxy groups -OCH3 is 2. The van der Waals surface area contributed by atoms with Crippen molar-refractivity contribution >= 4 is 23.0 Å².